The van der Waals surface area contributed by atoms with E-state index in [1.165, 1.54) is 12.1 Å². The number of primary amides is 1. The van der Waals surface area contributed by atoms with Crippen LogP contribution in [-0.2, 0) is 0 Å². The van der Waals surface area contributed by atoms with Crippen LogP contribution in [0, 0.1) is 5.82 Å². The second-order valence-corrected chi connectivity index (χ2v) is 5.62. The van der Waals surface area contributed by atoms with Crippen LogP contribution in [0.2, 0.25) is 0 Å². The third-order valence-corrected chi connectivity index (χ3v) is 3.95. The minimum Gasteiger partial charge on any atom is -0.368 e. The van der Waals surface area contributed by atoms with E-state index >= 15 is 0 Å². The quantitative estimate of drug-likeness (QED) is 0.590. The Balaban J connectivity index is 2.03. The average molecular weight is 348 g/mol. The molecule has 0 atom stereocenters. The highest BCUT2D eigenvalue weighted by Crippen LogP contribution is 2.32. The fourth-order valence-corrected chi connectivity index (χ4v) is 2.76. The van der Waals surface area contributed by atoms with Gasteiger partial charge < -0.3 is 11.5 Å². The highest BCUT2D eigenvalue weighted by molar-refractivity contribution is 5.94. The summed E-state index contributed by atoms with van der Waals surface area (Å²) in [5.41, 5.74) is 14.4. The molecule has 8 heteroatoms. The number of imidazole rings is 1. The molecule has 0 spiro atoms. The van der Waals surface area contributed by atoms with E-state index in [0.717, 1.165) is 0 Å². The van der Waals surface area contributed by atoms with Gasteiger partial charge in [0.1, 0.15) is 11.5 Å². The lowest BCUT2D eigenvalue weighted by molar-refractivity contribution is 0.100. The van der Waals surface area contributed by atoms with Crippen molar-refractivity contribution >= 4 is 17.5 Å². The van der Waals surface area contributed by atoms with Gasteiger partial charge in [0.15, 0.2) is 0 Å². The molecule has 0 saturated heterocycles. The molecule has 4 N–H and O–H groups in total. The Morgan fingerprint density at radius 2 is 1.85 bits per heavy atom. The molecule has 3 aromatic heterocycles. The summed E-state index contributed by atoms with van der Waals surface area (Å²) < 4.78 is 15.1. The molecule has 0 aliphatic carbocycles. The summed E-state index contributed by atoms with van der Waals surface area (Å²) in [6.07, 6.45) is 3.23. The zero-order valence-corrected chi connectivity index (χ0v) is 13.4. The molecule has 0 radical (unpaired) electrons. The fourth-order valence-electron chi connectivity index (χ4n) is 2.76. The van der Waals surface area contributed by atoms with Crippen molar-refractivity contribution < 1.29 is 9.18 Å². The normalized spacial score (nSPS) is 11.0. The zero-order valence-electron chi connectivity index (χ0n) is 13.4. The summed E-state index contributed by atoms with van der Waals surface area (Å²) in [7, 11) is 0. The van der Waals surface area contributed by atoms with Gasteiger partial charge in [0, 0.05) is 23.5 Å². The van der Waals surface area contributed by atoms with Gasteiger partial charge in [-0.15, -0.1) is 0 Å². The molecule has 3 heterocycles. The molecule has 7 nitrogen and oxygen atoms in total. The van der Waals surface area contributed by atoms with Crippen LogP contribution in [0.15, 0.2) is 54.9 Å². The van der Waals surface area contributed by atoms with Gasteiger partial charge in [-0.05, 0) is 42.5 Å². The highest BCUT2D eigenvalue weighted by atomic mass is 19.1. The van der Waals surface area contributed by atoms with E-state index in [-0.39, 0.29) is 11.8 Å². The topological polar surface area (TPSA) is 112 Å². The smallest absolute Gasteiger partial charge is 0.248 e. The minimum absolute atomic E-state index is 0.122. The number of amides is 1. The third-order valence-electron chi connectivity index (χ3n) is 3.95. The van der Waals surface area contributed by atoms with Crippen molar-refractivity contribution in [2.75, 3.05) is 5.73 Å². The molecule has 4 aromatic rings. The Kier molecular flexibility index (Phi) is 3.58. The second kappa shape index (κ2) is 5.92. The summed E-state index contributed by atoms with van der Waals surface area (Å²) >= 11 is 0. The summed E-state index contributed by atoms with van der Waals surface area (Å²) in [5.74, 6) is -0.774. The molecule has 1 aromatic carbocycles. The lowest BCUT2D eigenvalue weighted by atomic mass is 10.1. The monoisotopic (exact) mass is 348 g/mol. The van der Waals surface area contributed by atoms with E-state index in [0.29, 0.717) is 33.9 Å². The van der Waals surface area contributed by atoms with E-state index < -0.39 is 5.91 Å². The van der Waals surface area contributed by atoms with Crippen molar-refractivity contribution in [3.8, 4) is 22.6 Å². The standard InChI is InChI=1S/C18H13FN6O/c19-12-3-1-10(2-4-12)15-16(13-5-7-22-18(21)23-13)25-8-6-11(17(20)26)9-14(25)24-15/h1-9H,(H2,20,26)(H2,21,22,23). The molecule has 0 unspecified atom stereocenters. The largest absolute Gasteiger partial charge is 0.368 e. The number of carbonyl (C=O) groups is 1. The molecule has 0 bridgehead atoms. The van der Waals surface area contributed by atoms with E-state index in [1.807, 2.05) is 0 Å². The predicted octanol–water partition coefficient (Wildman–Crippen LogP) is 2.28. The van der Waals surface area contributed by atoms with Crippen LogP contribution in [0.3, 0.4) is 0 Å². The first-order valence-corrected chi connectivity index (χ1v) is 7.69. The summed E-state index contributed by atoms with van der Waals surface area (Å²) in [4.78, 5) is 24.2. The number of carbonyl (C=O) groups excluding carboxylic acids is 1. The summed E-state index contributed by atoms with van der Waals surface area (Å²) in [5, 5.41) is 0. The van der Waals surface area contributed by atoms with Gasteiger partial charge >= 0.3 is 0 Å². The molecule has 4 rings (SSSR count). The van der Waals surface area contributed by atoms with Crippen molar-refractivity contribution in [3.63, 3.8) is 0 Å². The van der Waals surface area contributed by atoms with Crippen LogP contribution in [0.25, 0.3) is 28.3 Å². The fraction of sp³-hybridized carbons (Fsp3) is 0. The molecule has 0 aliphatic rings. The lowest BCUT2D eigenvalue weighted by Gasteiger charge is -2.06. The summed E-state index contributed by atoms with van der Waals surface area (Å²) in [6, 6.07) is 10.8. The van der Waals surface area contributed by atoms with Gasteiger partial charge in [-0.3, -0.25) is 9.20 Å². The Labute approximate surface area is 147 Å². The minimum atomic E-state index is -0.549. The first kappa shape index (κ1) is 15.7. The van der Waals surface area contributed by atoms with Crippen molar-refractivity contribution in [2.24, 2.45) is 5.73 Å². The Morgan fingerprint density at radius 1 is 1.08 bits per heavy atom. The molecular formula is C18H13FN6O. The Hall–Kier alpha value is -3.81. The lowest BCUT2D eigenvalue weighted by Crippen LogP contribution is -2.11. The number of anilines is 1. The van der Waals surface area contributed by atoms with Crippen molar-refractivity contribution in [1.29, 1.82) is 0 Å². The Bertz CT molecular complexity index is 1140. The molecule has 128 valence electrons. The van der Waals surface area contributed by atoms with Crippen molar-refractivity contribution in [2.45, 2.75) is 0 Å². The van der Waals surface area contributed by atoms with E-state index in [2.05, 4.69) is 15.0 Å². The van der Waals surface area contributed by atoms with Crippen molar-refractivity contribution in [3.05, 3.63) is 66.2 Å². The van der Waals surface area contributed by atoms with Crippen LogP contribution in [0.4, 0.5) is 10.3 Å². The highest BCUT2D eigenvalue weighted by Gasteiger charge is 2.18. The van der Waals surface area contributed by atoms with Crippen LogP contribution >= 0.6 is 0 Å². The number of aromatic nitrogens is 4. The maximum atomic E-state index is 13.3. The van der Waals surface area contributed by atoms with Gasteiger partial charge in [0.2, 0.25) is 11.9 Å². The van der Waals surface area contributed by atoms with Gasteiger partial charge in [0.25, 0.3) is 0 Å². The van der Waals surface area contributed by atoms with E-state index in [9.17, 15) is 9.18 Å². The predicted molar refractivity (Wildman–Crippen MR) is 94.5 cm³/mol. The Morgan fingerprint density at radius 3 is 2.54 bits per heavy atom. The van der Waals surface area contributed by atoms with E-state index in [4.69, 9.17) is 11.5 Å². The maximum absolute atomic E-state index is 13.3. The number of hydrogen-bond donors (Lipinski definition) is 2. The molecule has 1 amide bonds. The van der Waals surface area contributed by atoms with Gasteiger partial charge in [0.05, 0.1) is 17.1 Å². The third kappa shape index (κ3) is 2.63. The number of nitrogens with zero attached hydrogens (tertiary/aromatic N) is 4. The number of nitrogens with two attached hydrogens (primary N) is 2. The molecule has 26 heavy (non-hydrogen) atoms. The number of nitrogen functional groups attached to an aromatic ring is 1. The average Bonchev–Trinajstić information content (AvgIpc) is 3.00. The van der Waals surface area contributed by atoms with Gasteiger partial charge in [-0.2, -0.15) is 0 Å². The molecule has 0 fully saturated rings. The van der Waals surface area contributed by atoms with Gasteiger partial charge in [-0.25, -0.2) is 19.3 Å². The van der Waals surface area contributed by atoms with Crippen LogP contribution < -0.4 is 11.5 Å². The zero-order chi connectivity index (χ0) is 18.3. The van der Waals surface area contributed by atoms with Gasteiger partial charge in [-0.1, -0.05) is 0 Å². The van der Waals surface area contributed by atoms with Crippen LogP contribution in [0.5, 0.6) is 0 Å². The molecule has 0 aliphatic heterocycles. The number of pyridine rings is 1. The van der Waals surface area contributed by atoms with Crippen LogP contribution in [-0.4, -0.2) is 25.3 Å². The second-order valence-electron chi connectivity index (χ2n) is 5.62. The molecular weight excluding hydrogens is 335 g/mol. The van der Waals surface area contributed by atoms with E-state index in [1.54, 1.807) is 47.1 Å². The number of rotatable bonds is 3. The van der Waals surface area contributed by atoms with Crippen LogP contribution in [0.1, 0.15) is 10.4 Å². The maximum Gasteiger partial charge on any atom is 0.248 e. The first-order valence-electron chi connectivity index (χ1n) is 7.69. The number of fused-ring (bicyclic) bond motifs is 1. The number of hydrogen-bond acceptors (Lipinski definition) is 5. The summed E-state index contributed by atoms with van der Waals surface area (Å²) in [6.45, 7) is 0. The SMILES string of the molecule is NC(=O)c1ccn2c(-c3ccnc(N)n3)c(-c3ccc(F)cc3)nc2c1. The first-order chi connectivity index (χ1) is 12.5. The number of halogens is 1. The van der Waals surface area contributed by atoms with Crippen molar-refractivity contribution in [1.82, 2.24) is 19.4 Å². The number of benzene rings is 1. The molecule has 0 saturated carbocycles.